The Hall–Kier alpha value is -2.04. The van der Waals surface area contributed by atoms with Gasteiger partial charge >= 0.3 is 0 Å². The molecule has 0 radical (unpaired) electrons. The van der Waals surface area contributed by atoms with Crippen LogP contribution in [0.2, 0.25) is 0 Å². The molecule has 2 fully saturated rings. The first-order valence-corrected chi connectivity index (χ1v) is 14.2. The highest BCUT2D eigenvalue weighted by Crippen LogP contribution is 2.66. The lowest BCUT2D eigenvalue weighted by atomic mass is 9.71. The molecule has 36 heavy (non-hydrogen) atoms. The molecule has 0 aromatic heterocycles. The van der Waals surface area contributed by atoms with Crippen molar-refractivity contribution in [2.45, 2.75) is 23.1 Å². The number of aryl methyl sites for hydroxylation is 1. The molecule has 0 bridgehead atoms. The van der Waals surface area contributed by atoms with Gasteiger partial charge in [-0.1, -0.05) is 80.1 Å². The van der Waals surface area contributed by atoms with Gasteiger partial charge in [0.25, 0.3) is 11.8 Å². The number of fused-ring (bicyclic) bond motifs is 3. The smallest absolute Gasteiger partial charge is 0.252 e. The zero-order valence-corrected chi connectivity index (χ0v) is 24.2. The Balaban J connectivity index is 1.65. The highest BCUT2D eigenvalue weighted by molar-refractivity contribution is 9.10. The number of nitrogens with one attached hydrogen (secondary N) is 1. The number of rotatable bonds is 2. The summed E-state index contributed by atoms with van der Waals surface area (Å²) < 4.78 is 1.01. The number of likely N-dealkylation sites (tertiary alicyclic amines) is 1. The van der Waals surface area contributed by atoms with Crippen molar-refractivity contribution in [2.24, 2.45) is 0 Å². The van der Waals surface area contributed by atoms with Crippen LogP contribution in [-0.2, 0) is 15.1 Å². The van der Waals surface area contributed by atoms with Gasteiger partial charge in [-0.15, -0.1) is 0 Å². The Bertz CT molecular complexity index is 1460. The van der Waals surface area contributed by atoms with Crippen molar-refractivity contribution in [2.75, 3.05) is 23.8 Å². The lowest BCUT2D eigenvalue weighted by Crippen LogP contribution is -2.61. The maximum atomic E-state index is 14.9. The van der Waals surface area contributed by atoms with Gasteiger partial charge in [0.2, 0.25) is 0 Å². The van der Waals surface area contributed by atoms with Crippen molar-refractivity contribution in [1.29, 1.82) is 0 Å². The summed E-state index contributed by atoms with van der Waals surface area (Å²) in [6.45, 7) is 2.59. The van der Waals surface area contributed by atoms with Crippen LogP contribution in [-0.4, -0.2) is 39.4 Å². The molecular weight excluding hydrogens is 622 g/mol. The molecule has 3 atom stereocenters. The summed E-state index contributed by atoms with van der Waals surface area (Å²) in [7, 11) is 1.94. The fourth-order valence-corrected chi connectivity index (χ4v) is 8.91. The molecule has 3 aliphatic rings. The first-order valence-electron chi connectivity index (χ1n) is 11.4. The number of nitrogens with zero attached hydrogens (tertiary/aromatic N) is 2. The maximum absolute atomic E-state index is 14.9. The van der Waals surface area contributed by atoms with Gasteiger partial charge in [0.1, 0.15) is 9.07 Å². The number of carbonyl (C=O) groups is 2. The average molecular weight is 643 g/mol. The van der Waals surface area contributed by atoms with Gasteiger partial charge in [0, 0.05) is 32.7 Å². The summed E-state index contributed by atoms with van der Waals surface area (Å²) in [5, 5.41) is 3.09. The number of thioether (sulfide) groups is 1. The van der Waals surface area contributed by atoms with E-state index in [4.69, 9.17) is 12.2 Å². The van der Waals surface area contributed by atoms with Crippen LogP contribution >= 0.6 is 55.8 Å². The first kappa shape index (κ1) is 24.3. The van der Waals surface area contributed by atoms with Crippen LogP contribution in [0.15, 0.2) is 75.7 Å². The van der Waals surface area contributed by atoms with E-state index in [1.54, 1.807) is 4.90 Å². The zero-order valence-electron chi connectivity index (χ0n) is 19.4. The number of amides is 2. The molecule has 3 heterocycles. The van der Waals surface area contributed by atoms with Crippen molar-refractivity contribution in [3.63, 3.8) is 0 Å². The van der Waals surface area contributed by atoms with Gasteiger partial charge in [-0.2, -0.15) is 0 Å². The Kier molecular flexibility index (Phi) is 5.73. The van der Waals surface area contributed by atoms with Crippen LogP contribution in [0.3, 0.4) is 0 Å². The van der Waals surface area contributed by atoms with Crippen molar-refractivity contribution < 1.29 is 9.59 Å². The Morgan fingerprint density at radius 3 is 2.44 bits per heavy atom. The molecular formula is C27H21Br2N3O2S2. The quantitative estimate of drug-likeness (QED) is 0.338. The van der Waals surface area contributed by atoms with E-state index in [2.05, 4.69) is 61.1 Å². The minimum Gasteiger partial charge on any atom is -0.324 e. The highest BCUT2D eigenvalue weighted by atomic mass is 79.9. The Morgan fingerprint density at radius 1 is 1.03 bits per heavy atom. The second kappa shape index (κ2) is 8.49. The summed E-state index contributed by atoms with van der Waals surface area (Å²) in [6.07, 6.45) is 0. The molecule has 3 aromatic carbocycles. The van der Waals surface area contributed by atoms with E-state index in [1.165, 1.54) is 11.8 Å². The zero-order chi connectivity index (χ0) is 25.4. The molecule has 3 aromatic rings. The number of hydrogen-bond donors (Lipinski definition) is 1. The summed E-state index contributed by atoms with van der Waals surface area (Å²) in [6, 6.07) is 21.4. The fraction of sp³-hybridized carbons (Fsp3) is 0.222. The Morgan fingerprint density at radius 2 is 1.72 bits per heavy atom. The molecule has 1 N–H and O–H groups in total. The third-order valence-electron chi connectivity index (χ3n) is 7.61. The summed E-state index contributed by atoms with van der Waals surface area (Å²) in [4.78, 5) is 32.7. The molecule has 182 valence electrons. The molecule has 5 nitrogen and oxygen atoms in total. The summed E-state index contributed by atoms with van der Waals surface area (Å²) >= 11 is 14.3. The van der Waals surface area contributed by atoms with E-state index in [1.807, 2.05) is 61.6 Å². The fourth-order valence-electron chi connectivity index (χ4n) is 6.12. The van der Waals surface area contributed by atoms with E-state index in [9.17, 15) is 9.59 Å². The number of carbonyl (C=O) groups excluding carboxylic acids is 2. The van der Waals surface area contributed by atoms with Crippen molar-refractivity contribution >= 4 is 83.3 Å². The first-order chi connectivity index (χ1) is 17.2. The average Bonchev–Trinajstić information content (AvgIpc) is 3.39. The SMILES string of the molecule is Cc1ccccc1C1CN(C)C2(C(=O)Nc3ccc(Br)cc32)C12SC(=S)N(c1ccc(Br)cc1)C2=O. The van der Waals surface area contributed by atoms with Crippen molar-refractivity contribution in [1.82, 2.24) is 4.90 Å². The lowest BCUT2D eigenvalue weighted by Gasteiger charge is -2.42. The van der Waals surface area contributed by atoms with Crippen LogP contribution in [0.4, 0.5) is 11.4 Å². The van der Waals surface area contributed by atoms with Gasteiger partial charge in [-0.25, -0.2) is 0 Å². The summed E-state index contributed by atoms with van der Waals surface area (Å²) in [5.74, 6) is -0.633. The van der Waals surface area contributed by atoms with Crippen LogP contribution in [0.25, 0.3) is 0 Å². The van der Waals surface area contributed by atoms with Gasteiger partial charge < -0.3 is 5.32 Å². The van der Waals surface area contributed by atoms with E-state index in [-0.39, 0.29) is 17.7 Å². The topological polar surface area (TPSA) is 52.7 Å². The maximum Gasteiger partial charge on any atom is 0.252 e. The third-order valence-corrected chi connectivity index (χ3v) is 10.5. The van der Waals surface area contributed by atoms with Crippen LogP contribution < -0.4 is 10.2 Å². The van der Waals surface area contributed by atoms with E-state index < -0.39 is 10.3 Å². The second-order valence-electron chi connectivity index (χ2n) is 9.36. The van der Waals surface area contributed by atoms with Crippen molar-refractivity contribution in [3.05, 3.63) is 92.4 Å². The molecule has 0 aliphatic carbocycles. The largest absolute Gasteiger partial charge is 0.324 e. The predicted molar refractivity (Wildman–Crippen MR) is 156 cm³/mol. The molecule has 6 rings (SSSR count). The normalized spacial score (nSPS) is 27.4. The third kappa shape index (κ3) is 3.07. The molecule has 9 heteroatoms. The standard InChI is InChI=1S/C27H21Br2N3O2S2/c1-15-5-3-4-6-19(15)21-14-31(2)26(20-13-17(29)9-12-22(20)30-23(26)33)27(21)24(34)32(25(35)36-27)18-10-7-16(28)8-11-18/h3-13,21H,14H2,1-2H3,(H,30,33). The van der Waals surface area contributed by atoms with Crippen molar-refractivity contribution in [3.8, 4) is 0 Å². The molecule has 2 spiro atoms. The lowest BCUT2D eigenvalue weighted by molar-refractivity contribution is -0.132. The second-order valence-corrected chi connectivity index (χ2v) is 13.1. The summed E-state index contributed by atoms with van der Waals surface area (Å²) in [5.41, 5.74) is 3.11. The van der Waals surface area contributed by atoms with Crippen LogP contribution in [0.5, 0.6) is 0 Å². The van der Waals surface area contributed by atoms with E-state index in [0.717, 1.165) is 31.3 Å². The number of likely N-dealkylation sites (N-methyl/N-ethyl adjacent to an activating group) is 1. The number of anilines is 2. The molecule has 0 saturated carbocycles. The number of thiocarbonyl (C=S) groups is 1. The molecule has 2 saturated heterocycles. The predicted octanol–water partition coefficient (Wildman–Crippen LogP) is 6.20. The van der Waals surface area contributed by atoms with Gasteiger partial charge in [0.15, 0.2) is 5.54 Å². The molecule has 3 aliphatic heterocycles. The minimum atomic E-state index is -1.24. The van der Waals surface area contributed by atoms with Gasteiger partial charge in [-0.3, -0.25) is 19.4 Å². The van der Waals surface area contributed by atoms with Gasteiger partial charge in [-0.05, 0) is 67.6 Å². The van der Waals surface area contributed by atoms with Crippen LogP contribution in [0.1, 0.15) is 22.6 Å². The van der Waals surface area contributed by atoms with Gasteiger partial charge in [0.05, 0.1) is 5.69 Å². The van der Waals surface area contributed by atoms with Crippen LogP contribution in [0, 0.1) is 6.92 Å². The number of hydrogen-bond acceptors (Lipinski definition) is 5. The number of benzene rings is 3. The minimum absolute atomic E-state index is 0.166. The monoisotopic (exact) mass is 641 g/mol. The highest BCUT2D eigenvalue weighted by Gasteiger charge is 2.78. The number of halogens is 2. The van der Waals surface area contributed by atoms with E-state index >= 15 is 0 Å². The van der Waals surface area contributed by atoms with E-state index in [0.29, 0.717) is 16.6 Å². The Labute approximate surface area is 235 Å². The molecule has 3 unspecified atom stereocenters. The molecule has 2 amide bonds.